The van der Waals surface area contributed by atoms with Crippen molar-refractivity contribution in [1.29, 1.82) is 0 Å². The number of aromatic nitrogens is 2. The van der Waals surface area contributed by atoms with Crippen LogP contribution in [0.5, 0.6) is 0 Å². The van der Waals surface area contributed by atoms with Gasteiger partial charge in [-0.15, -0.1) is 0 Å². The highest BCUT2D eigenvalue weighted by Crippen LogP contribution is 2.30. The molecule has 0 aliphatic heterocycles. The SMILES string of the molecule is CN(CCN)c1nccc(-c2ccc(C(F)(F)F)cc2)n1. The fraction of sp³-hybridized carbons (Fsp3) is 0.286. The second kappa shape index (κ2) is 6.09. The molecule has 0 fully saturated rings. The maximum atomic E-state index is 12.5. The van der Waals surface area contributed by atoms with Gasteiger partial charge in [-0.25, -0.2) is 9.97 Å². The summed E-state index contributed by atoms with van der Waals surface area (Å²) in [6, 6.07) is 6.54. The Hall–Kier alpha value is -2.15. The highest BCUT2D eigenvalue weighted by Gasteiger charge is 2.30. The molecular weight excluding hydrogens is 281 g/mol. The van der Waals surface area contributed by atoms with Crippen molar-refractivity contribution in [2.75, 3.05) is 25.0 Å². The van der Waals surface area contributed by atoms with Gasteiger partial charge in [0.25, 0.3) is 0 Å². The minimum Gasteiger partial charge on any atom is -0.343 e. The second-order valence-electron chi connectivity index (χ2n) is 4.53. The van der Waals surface area contributed by atoms with Crippen LogP contribution >= 0.6 is 0 Å². The monoisotopic (exact) mass is 296 g/mol. The van der Waals surface area contributed by atoms with Gasteiger partial charge in [0, 0.05) is 31.9 Å². The number of likely N-dealkylation sites (N-methyl/N-ethyl adjacent to an activating group) is 1. The molecule has 2 N–H and O–H groups in total. The Labute approximate surface area is 120 Å². The lowest BCUT2D eigenvalue weighted by Gasteiger charge is -2.16. The summed E-state index contributed by atoms with van der Waals surface area (Å²) >= 11 is 0. The summed E-state index contributed by atoms with van der Waals surface area (Å²) < 4.78 is 37.6. The quantitative estimate of drug-likeness (QED) is 0.942. The van der Waals surface area contributed by atoms with Gasteiger partial charge in [-0.1, -0.05) is 12.1 Å². The first-order valence-electron chi connectivity index (χ1n) is 6.33. The second-order valence-corrected chi connectivity index (χ2v) is 4.53. The van der Waals surface area contributed by atoms with E-state index in [4.69, 9.17) is 5.73 Å². The Kier molecular flexibility index (Phi) is 4.42. The van der Waals surface area contributed by atoms with E-state index in [1.54, 1.807) is 24.2 Å². The van der Waals surface area contributed by atoms with Crippen molar-refractivity contribution in [2.24, 2.45) is 5.73 Å². The first-order valence-corrected chi connectivity index (χ1v) is 6.33. The molecule has 0 aliphatic carbocycles. The number of rotatable bonds is 4. The van der Waals surface area contributed by atoms with Gasteiger partial charge in [0.1, 0.15) is 0 Å². The Morgan fingerprint density at radius 2 is 1.81 bits per heavy atom. The van der Waals surface area contributed by atoms with Crippen molar-refractivity contribution in [3.05, 3.63) is 42.1 Å². The molecule has 2 aromatic rings. The molecule has 112 valence electrons. The van der Waals surface area contributed by atoms with Crippen LogP contribution < -0.4 is 10.6 Å². The average Bonchev–Trinajstić information content (AvgIpc) is 2.47. The zero-order valence-electron chi connectivity index (χ0n) is 11.4. The standard InChI is InChI=1S/C14H15F3N4/c1-21(9-7-18)13-19-8-6-12(20-13)10-2-4-11(5-3-10)14(15,16)17/h2-6,8H,7,9,18H2,1H3. The van der Waals surface area contributed by atoms with E-state index in [-0.39, 0.29) is 0 Å². The fourth-order valence-electron chi connectivity index (χ4n) is 1.82. The summed E-state index contributed by atoms with van der Waals surface area (Å²) in [5.74, 6) is 0.484. The van der Waals surface area contributed by atoms with Gasteiger partial charge in [0.15, 0.2) is 0 Å². The number of hydrogen-bond acceptors (Lipinski definition) is 4. The lowest BCUT2D eigenvalue weighted by atomic mass is 10.1. The van der Waals surface area contributed by atoms with E-state index in [2.05, 4.69) is 9.97 Å². The molecule has 2 rings (SSSR count). The Morgan fingerprint density at radius 3 is 2.38 bits per heavy atom. The van der Waals surface area contributed by atoms with Crippen molar-refractivity contribution < 1.29 is 13.2 Å². The minimum atomic E-state index is -4.34. The molecule has 1 aromatic heterocycles. The van der Waals surface area contributed by atoms with Crippen molar-refractivity contribution in [1.82, 2.24) is 9.97 Å². The van der Waals surface area contributed by atoms with Crippen LogP contribution in [0, 0.1) is 0 Å². The number of anilines is 1. The van der Waals surface area contributed by atoms with E-state index in [9.17, 15) is 13.2 Å². The third-order valence-electron chi connectivity index (χ3n) is 2.96. The third-order valence-corrected chi connectivity index (χ3v) is 2.96. The molecule has 0 spiro atoms. The zero-order chi connectivity index (χ0) is 15.5. The van der Waals surface area contributed by atoms with Gasteiger partial charge < -0.3 is 10.6 Å². The fourth-order valence-corrected chi connectivity index (χ4v) is 1.82. The summed E-state index contributed by atoms with van der Waals surface area (Å²) in [5, 5.41) is 0. The van der Waals surface area contributed by atoms with E-state index >= 15 is 0 Å². The molecule has 4 nitrogen and oxygen atoms in total. The molecule has 0 unspecified atom stereocenters. The van der Waals surface area contributed by atoms with Crippen LogP contribution in [0.4, 0.5) is 19.1 Å². The van der Waals surface area contributed by atoms with Crippen molar-refractivity contribution in [3.8, 4) is 11.3 Å². The number of alkyl halides is 3. The molecule has 0 amide bonds. The van der Waals surface area contributed by atoms with Crippen molar-refractivity contribution in [3.63, 3.8) is 0 Å². The van der Waals surface area contributed by atoms with E-state index in [1.165, 1.54) is 12.1 Å². The van der Waals surface area contributed by atoms with E-state index < -0.39 is 11.7 Å². The Morgan fingerprint density at radius 1 is 1.14 bits per heavy atom. The van der Waals surface area contributed by atoms with Crippen LogP contribution in [0.15, 0.2) is 36.5 Å². The van der Waals surface area contributed by atoms with Crippen molar-refractivity contribution >= 4 is 5.95 Å². The first-order chi connectivity index (χ1) is 9.91. The van der Waals surface area contributed by atoms with E-state index in [0.29, 0.717) is 30.3 Å². The Balaban J connectivity index is 2.28. The van der Waals surface area contributed by atoms with Crippen LogP contribution in [0.1, 0.15) is 5.56 Å². The van der Waals surface area contributed by atoms with Crippen LogP contribution in [0.2, 0.25) is 0 Å². The van der Waals surface area contributed by atoms with Crippen LogP contribution in [0.3, 0.4) is 0 Å². The maximum absolute atomic E-state index is 12.5. The molecule has 0 atom stereocenters. The highest BCUT2D eigenvalue weighted by atomic mass is 19.4. The number of halogens is 3. The van der Waals surface area contributed by atoms with Gasteiger partial charge in [0.2, 0.25) is 5.95 Å². The van der Waals surface area contributed by atoms with Gasteiger partial charge in [0.05, 0.1) is 11.3 Å². The van der Waals surface area contributed by atoms with E-state index in [0.717, 1.165) is 12.1 Å². The maximum Gasteiger partial charge on any atom is 0.416 e. The number of nitrogens with zero attached hydrogens (tertiary/aromatic N) is 3. The van der Waals surface area contributed by atoms with Gasteiger partial charge in [-0.2, -0.15) is 13.2 Å². The average molecular weight is 296 g/mol. The summed E-state index contributed by atoms with van der Waals surface area (Å²) in [6.45, 7) is 1.06. The van der Waals surface area contributed by atoms with Crippen LogP contribution in [-0.4, -0.2) is 30.1 Å². The largest absolute Gasteiger partial charge is 0.416 e. The smallest absolute Gasteiger partial charge is 0.343 e. The summed E-state index contributed by atoms with van der Waals surface area (Å²) in [6.07, 6.45) is -2.76. The molecule has 0 radical (unpaired) electrons. The van der Waals surface area contributed by atoms with E-state index in [1.807, 2.05) is 0 Å². The normalized spacial score (nSPS) is 11.5. The molecule has 0 saturated carbocycles. The predicted molar refractivity (Wildman–Crippen MR) is 74.8 cm³/mol. The predicted octanol–water partition coefficient (Wildman–Crippen LogP) is 2.56. The number of benzene rings is 1. The molecule has 7 heteroatoms. The summed E-state index contributed by atoms with van der Waals surface area (Å²) in [5.41, 5.74) is 5.96. The minimum absolute atomic E-state index is 0.463. The third kappa shape index (κ3) is 3.69. The topological polar surface area (TPSA) is 55.0 Å². The lowest BCUT2D eigenvalue weighted by molar-refractivity contribution is -0.137. The molecule has 0 aliphatic rings. The first kappa shape index (κ1) is 15.2. The van der Waals surface area contributed by atoms with Gasteiger partial charge in [-0.3, -0.25) is 0 Å². The number of hydrogen-bond donors (Lipinski definition) is 1. The van der Waals surface area contributed by atoms with Gasteiger partial charge >= 0.3 is 6.18 Å². The molecule has 0 bridgehead atoms. The van der Waals surface area contributed by atoms with Gasteiger partial charge in [-0.05, 0) is 18.2 Å². The zero-order valence-corrected chi connectivity index (χ0v) is 11.4. The summed E-state index contributed by atoms with van der Waals surface area (Å²) in [4.78, 5) is 10.2. The lowest BCUT2D eigenvalue weighted by Crippen LogP contribution is -2.26. The van der Waals surface area contributed by atoms with Crippen LogP contribution in [0.25, 0.3) is 11.3 Å². The van der Waals surface area contributed by atoms with Crippen LogP contribution in [-0.2, 0) is 6.18 Å². The van der Waals surface area contributed by atoms with Crippen molar-refractivity contribution in [2.45, 2.75) is 6.18 Å². The molecule has 21 heavy (non-hydrogen) atoms. The molecule has 0 saturated heterocycles. The molecular formula is C14H15F3N4. The summed E-state index contributed by atoms with van der Waals surface area (Å²) in [7, 11) is 1.80. The Bertz CT molecular complexity index is 596. The molecule has 1 heterocycles. The number of nitrogens with two attached hydrogens (primary N) is 1. The molecule has 1 aromatic carbocycles. The highest BCUT2D eigenvalue weighted by molar-refractivity contribution is 5.60.